The van der Waals surface area contributed by atoms with Crippen LogP contribution in [-0.4, -0.2) is 22.1 Å². The highest BCUT2D eigenvalue weighted by molar-refractivity contribution is 14.1. The van der Waals surface area contributed by atoms with Crippen molar-refractivity contribution in [3.05, 3.63) is 61.1 Å². The molecule has 0 saturated carbocycles. The van der Waals surface area contributed by atoms with Gasteiger partial charge in [-0.1, -0.05) is 23.2 Å². The number of anilines is 1. The molecule has 2 aromatic carbocycles. The maximum atomic E-state index is 12.2. The summed E-state index contributed by atoms with van der Waals surface area (Å²) in [5, 5.41) is 14.8. The van der Waals surface area contributed by atoms with Crippen molar-refractivity contribution in [1.29, 1.82) is 0 Å². The van der Waals surface area contributed by atoms with Crippen LogP contribution in [0.15, 0.2) is 36.4 Å². The van der Waals surface area contributed by atoms with Crippen molar-refractivity contribution < 1.29 is 14.7 Å². The molecule has 9 heteroatoms. The normalized spacial score (nSPS) is 10.1. The Hall–Kier alpha value is -1.42. The molecule has 0 radical (unpaired) electrons. The molecule has 24 heavy (non-hydrogen) atoms. The first-order chi connectivity index (χ1) is 11.3. The van der Waals surface area contributed by atoms with E-state index in [0.717, 1.165) is 3.57 Å². The highest BCUT2D eigenvalue weighted by atomic mass is 127. The maximum absolute atomic E-state index is 12.2. The minimum atomic E-state index is -1.17. The van der Waals surface area contributed by atoms with Gasteiger partial charge in [0.1, 0.15) is 0 Å². The maximum Gasteiger partial charge on any atom is 0.337 e. The third kappa shape index (κ3) is 4.79. The first-order valence-corrected chi connectivity index (χ1v) is 8.62. The molecule has 0 unspecified atom stereocenters. The molecular formula is C15H9Cl2IN2O3S. The minimum Gasteiger partial charge on any atom is -0.478 e. The minimum absolute atomic E-state index is 0.0558. The molecule has 2 rings (SSSR count). The number of halogens is 3. The van der Waals surface area contributed by atoms with Crippen molar-refractivity contribution in [3.63, 3.8) is 0 Å². The summed E-state index contributed by atoms with van der Waals surface area (Å²) in [4.78, 5) is 23.5. The lowest BCUT2D eigenvalue weighted by Gasteiger charge is -2.12. The van der Waals surface area contributed by atoms with E-state index in [4.69, 9.17) is 35.4 Å². The summed E-state index contributed by atoms with van der Waals surface area (Å²) in [5.74, 6) is -1.67. The van der Waals surface area contributed by atoms with Crippen LogP contribution >= 0.6 is 58.0 Å². The van der Waals surface area contributed by atoms with Gasteiger partial charge in [-0.05, 0) is 71.2 Å². The highest BCUT2D eigenvalue weighted by Crippen LogP contribution is 2.21. The van der Waals surface area contributed by atoms with Crippen LogP contribution in [0, 0.1) is 3.57 Å². The van der Waals surface area contributed by atoms with Crippen molar-refractivity contribution in [2.24, 2.45) is 0 Å². The second kappa shape index (κ2) is 8.11. The molecule has 0 atom stereocenters. The van der Waals surface area contributed by atoms with Crippen LogP contribution in [0.4, 0.5) is 5.69 Å². The average molecular weight is 495 g/mol. The SMILES string of the molecule is O=C(NC(=S)Nc1ccc(Cl)cc1C(=O)O)c1cc(I)ccc1Cl. The number of amides is 1. The summed E-state index contributed by atoms with van der Waals surface area (Å²) in [6.45, 7) is 0. The third-order valence-corrected chi connectivity index (χ3v) is 4.30. The van der Waals surface area contributed by atoms with E-state index >= 15 is 0 Å². The molecule has 5 nitrogen and oxygen atoms in total. The van der Waals surface area contributed by atoms with Crippen molar-refractivity contribution >= 4 is 80.7 Å². The van der Waals surface area contributed by atoms with Crippen molar-refractivity contribution in [1.82, 2.24) is 5.32 Å². The molecule has 1 amide bonds. The van der Waals surface area contributed by atoms with E-state index in [-0.39, 0.29) is 32.0 Å². The largest absolute Gasteiger partial charge is 0.478 e. The number of carboxylic acid groups (broad SMARTS) is 1. The van der Waals surface area contributed by atoms with E-state index in [1.54, 1.807) is 18.2 Å². The monoisotopic (exact) mass is 494 g/mol. The van der Waals surface area contributed by atoms with E-state index < -0.39 is 11.9 Å². The Kier molecular flexibility index (Phi) is 6.39. The summed E-state index contributed by atoms with van der Waals surface area (Å²) in [6.07, 6.45) is 0. The summed E-state index contributed by atoms with van der Waals surface area (Å²) in [5.41, 5.74) is 0.416. The number of hydrogen-bond acceptors (Lipinski definition) is 3. The van der Waals surface area contributed by atoms with Gasteiger partial charge in [-0.15, -0.1) is 0 Å². The molecule has 2 aromatic rings. The highest BCUT2D eigenvalue weighted by Gasteiger charge is 2.15. The number of thiocarbonyl (C=S) groups is 1. The van der Waals surface area contributed by atoms with Crippen molar-refractivity contribution in [3.8, 4) is 0 Å². The molecular weight excluding hydrogens is 486 g/mol. The van der Waals surface area contributed by atoms with Gasteiger partial charge in [-0.2, -0.15) is 0 Å². The Bertz CT molecular complexity index is 845. The first kappa shape index (κ1) is 18.9. The Labute approximate surface area is 166 Å². The number of carbonyl (C=O) groups is 2. The molecule has 0 bridgehead atoms. The van der Waals surface area contributed by atoms with Gasteiger partial charge < -0.3 is 10.4 Å². The number of benzene rings is 2. The zero-order chi connectivity index (χ0) is 17.9. The smallest absolute Gasteiger partial charge is 0.337 e. The lowest BCUT2D eigenvalue weighted by atomic mass is 10.2. The quantitative estimate of drug-likeness (QED) is 0.434. The second-order valence-corrected chi connectivity index (χ2v) is 7.02. The molecule has 124 valence electrons. The summed E-state index contributed by atoms with van der Waals surface area (Å²) in [7, 11) is 0. The molecule has 0 fully saturated rings. The molecule has 0 aliphatic carbocycles. The van der Waals surface area contributed by atoms with Crippen LogP contribution in [0.1, 0.15) is 20.7 Å². The van der Waals surface area contributed by atoms with Gasteiger partial charge in [0.2, 0.25) is 0 Å². The summed E-state index contributed by atoms with van der Waals surface area (Å²) >= 11 is 18.9. The van der Waals surface area contributed by atoms with Crippen LogP contribution in [-0.2, 0) is 0 Å². The number of nitrogens with one attached hydrogen (secondary N) is 2. The topological polar surface area (TPSA) is 78.4 Å². The van der Waals surface area contributed by atoms with Crippen LogP contribution in [0.2, 0.25) is 10.0 Å². The molecule has 0 aromatic heterocycles. The fraction of sp³-hybridized carbons (Fsp3) is 0. The second-order valence-electron chi connectivity index (χ2n) is 4.53. The van der Waals surface area contributed by atoms with Gasteiger partial charge in [-0.3, -0.25) is 10.1 Å². The molecule has 0 heterocycles. The lowest BCUT2D eigenvalue weighted by molar-refractivity contribution is 0.0698. The van der Waals surface area contributed by atoms with Crippen LogP contribution in [0.5, 0.6) is 0 Å². The lowest BCUT2D eigenvalue weighted by Crippen LogP contribution is -2.34. The van der Waals surface area contributed by atoms with E-state index in [2.05, 4.69) is 33.2 Å². The Morgan fingerprint density at radius 2 is 1.79 bits per heavy atom. The first-order valence-electron chi connectivity index (χ1n) is 6.38. The Morgan fingerprint density at radius 1 is 1.08 bits per heavy atom. The third-order valence-electron chi connectivity index (χ3n) is 2.86. The van der Waals surface area contributed by atoms with E-state index in [1.807, 2.05) is 0 Å². The standard InChI is InChI=1S/C15H9Cl2IN2O3S/c16-7-1-4-12(10(5-7)14(22)23)19-15(24)20-13(21)9-6-8(18)2-3-11(9)17/h1-6H,(H,22,23)(H2,19,20,21,24). The number of hydrogen-bond donors (Lipinski definition) is 3. The van der Waals surface area contributed by atoms with Gasteiger partial charge in [0.05, 0.1) is 21.8 Å². The van der Waals surface area contributed by atoms with Gasteiger partial charge in [0.25, 0.3) is 5.91 Å². The molecule has 0 spiro atoms. The zero-order valence-electron chi connectivity index (χ0n) is 11.8. The Balaban J connectivity index is 2.15. The predicted octanol–water partition coefficient (Wildman–Crippen LogP) is 4.42. The van der Waals surface area contributed by atoms with Crippen molar-refractivity contribution in [2.75, 3.05) is 5.32 Å². The average Bonchev–Trinajstić information content (AvgIpc) is 2.51. The zero-order valence-corrected chi connectivity index (χ0v) is 16.3. The molecule has 0 saturated heterocycles. The fourth-order valence-corrected chi connectivity index (χ4v) is 2.87. The van der Waals surface area contributed by atoms with E-state index in [0.29, 0.717) is 0 Å². The number of rotatable bonds is 3. The predicted molar refractivity (Wildman–Crippen MR) is 106 cm³/mol. The van der Waals surface area contributed by atoms with Crippen LogP contribution < -0.4 is 10.6 Å². The van der Waals surface area contributed by atoms with E-state index in [1.165, 1.54) is 18.2 Å². The van der Waals surface area contributed by atoms with Gasteiger partial charge >= 0.3 is 5.97 Å². The number of carboxylic acids is 1. The van der Waals surface area contributed by atoms with E-state index in [9.17, 15) is 14.7 Å². The Morgan fingerprint density at radius 3 is 2.46 bits per heavy atom. The van der Waals surface area contributed by atoms with Gasteiger partial charge in [0.15, 0.2) is 5.11 Å². The number of aromatic carboxylic acids is 1. The molecule has 3 N–H and O–H groups in total. The molecule has 0 aliphatic rings. The number of carbonyl (C=O) groups excluding carboxylic acids is 1. The van der Waals surface area contributed by atoms with Gasteiger partial charge in [0, 0.05) is 8.59 Å². The summed E-state index contributed by atoms with van der Waals surface area (Å²) < 4.78 is 0.840. The van der Waals surface area contributed by atoms with Crippen LogP contribution in [0.25, 0.3) is 0 Å². The fourth-order valence-electron chi connectivity index (χ4n) is 1.80. The molecule has 0 aliphatic heterocycles. The summed E-state index contributed by atoms with van der Waals surface area (Å²) in [6, 6.07) is 9.25. The van der Waals surface area contributed by atoms with Crippen LogP contribution in [0.3, 0.4) is 0 Å². The van der Waals surface area contributed by atoms with Gasteiger partial charge in [-0.25, -0.2) is 4.79 Å². The van der Waals surface area contributed by atoms with Crippen molar-refractivity contribution in [2.45, 2.75) is 0 Å².